The maximum Gasteiger partial charge on any atom is 0.490 e. The summed E-state index contributed by atoms with van der Waals surface area (Å²) in [5.41, 5.74) is 4.60. The van der Waals surface area contributed by atoms with E-state index < -0.39 is 12.1 Å². The molecule has 2 heterocycles. The van der Waals surface area contributed by atoms with Gasteiger partial charge in [-0.1, -0.05) is 48.5 Å². The van der Waals surface area contributed by atoms with Gasteiger partial charge in [-0.3, -0.25) is 0 Å². The van der Waals surface area contributed by atoms with Crippen molar-refractivity contribution in [1.82, 2.24) is 19.8 Å². The average Bonchev–Trinajstić information content (AvgIpc) is 3.41. The molecule has 4 rings (SSSR count). The lowest BCUT2D eigenvalue weighted by Crippen LogP contribution is -2.40. The van der Waals surface area contributed by atoms with Gasteiger partial charge in [-0.05, 0) is 35.8 Å². The van der Waals surface area contributed by atoms with Crippen LogP contribution in [0, 0.1) is 13.8 Å². The predicted octanol–water partition coefficient (Wildman–Crippen LogP) is 4.40. The molecule has 0 fully saturated rings. The van der Waals surface area contributed by atoms with Gasteiger partial charge in [-0.2, -0.15) is 13.2 Å². The molecule has 0 aliphatic carbocycles. The van der Waals surface area contributed by atoms with Crippen molar-refractivity contribution in [3.63, 3.8) is 0 Å². The Balaban J connectivity index is 0.000000406. The second-order valence-corrected chi connectivity index (χ2v) is 7.78. The fourth-order valence-corrected chi connectivity index (χ4v) is 3.58. The van der Waals surface area contributed by atoms with Crippen LogP contribution in [-0.4, -0.2) is 57.4 Å². The fraction of sp³-hybridized carbons (Fsp3) is 0.292. The molecule has 0 unspecified atom stereocenters. The van der Waals surface area contributed by atoms with Crippen LogP contribution in [0.1, 0.15) is 17.0 Å². The van der Waals surface area contributed by atoms with Crippen molar-refractivity contribution in [2.24, 2.45) is 0 Å². The number of aryl methyl sites for hydroxylation is 1. The standard InChI is InChI=1S/C22H24N4O.C2HF3O2/c1-16-17(2)26(15-24-16)13-11-23-22(27)25-12-10-19(14-25)21-9-5-7-18-6-3-4-8-20(18)21;3-2(4,5)1(6)7/h3-10,15H,11-14H2,1-2H3,(H,23,27);(H,6,7). The smallest absolute Gasteiger partial charge is 0.475 e. The summed E-state index contributed by atoms with van der Waals surface area (Å²) >= 11 is 0. The number of carbonyl (C=O) groups is 2. The van der Waals surface area contributed by atoms with E-state index in [0.717, 1.165) is 17.9 Å². The van der Waals surface area contributed by atoms with Crippen molar-refractivity contribution in [2.75, 3.05) is 19.6 Å². The summed E-state index contributed by atoms with van der Waals surface area (Å²) < 4.78 is 33.8. The Morgan fingerprint density at radius 1 is 1.12 bits per heavy atom. The lowest BCUT2D eigenvalue weighted by atomic mass is 9.99. The van der Waals surface area contributed by atoms with Gasteiger partial charge in [0.05, 0.1) is 12.0 Å². The fourth-order valence-electron chi connectivity index (χ4n) is 3.58. The number of carbonyl (C=O) groups excluding carboxylic acids is 1. The van der Waals surface area contributed by atoms with E-state index in [2.05, 4.69) is 63.4 Å². The summed E-state index contributed by atoms with van der Waals surface area (Å²) in [5, 5.41) is 12.6. The molecule has 7 nitrogen and oxygen atoms in total. The second-order valence-electron chi connectivity index (χ2n) is 7.78. The normalized spacial score (nSPS) is 13.3. The van der Waals surface area contributed by atoms with Gasteiger partial charge in [0.2, 0.25) is 0 Å². The number of urea groups is 1. The minimum Gasteiger partial charge on any atom is -0.475 e. The minimum absolute atomic E-state index is 0.0176. The molecule has 180 valence electrons. The van der Waals surface area contributed by atoms with Crippen molar-refractivity contribution >= 4 is 28.3 Å². The molecule has 1 aromatic heterocycles. The molecule has 0 radical (unpaired) electrons. The predicted molar refractivity (Wildman–Crippen MR) is 122 cm³/mol. The molecule has 10 heteroatoms. The molecule has 34 heavy (non-hydrogen) atoms. The molecular weight excluding hydrogens is 449 g/mol. The summed E-state index contributed by atoms with van der Waals surface area (Å²) in [4.78, 5) is 27.6. The molecule has 0 bridgehead atoms. The summed E-state index contributed by atoms with van der Waals surface area (Å²) in [5.74, 6) is -2.76. The van der Waals surface area contributed by atoms with Crippen molar-refractivity contribution < 1.29 is 27.9 Å². The van der Waals surface area contributed by atoms with Crippen molar-refractivity contribution in [3.05, 3.63) is 71.8 Å². The van der Waals surface area contributed by atoms with Crippen molar-refractivity contribution in [1.29, 1.82) is 0 Å². The number of rotatable bonds is 4. The quantitative estimate of drug-likeness (QED) is 0.587. The van der Waals surface area contributed by atoms with Gasteiger partial charge in [-0.15, -0.1) is 0 Å². The molecule has 2 aromatic carbocycles. The van der Waals surface area contributed by atoms with Crippen LogP contribution in [-0.2, 0) is 11.3 Å². The van der Waals surface area contributed by atoms with E-state index in [4.69, 9.17) is 9.90 Å². The number of benzene rings is 2. The average molecular weight is 474 g/mol. The van der Waals surface area contributed by atoms with Gasteiger partial charge in [0.15, 0.2) is 0 Å². The number of alkyl halides is 3. The number of nitrogens with zero attached hydrogens (tertiary/aromatic N) is 3. The van der Waals surface area contributed by atoms with E-state index in [-0.39, 0.29) is 6.03 Å². The molecule has 0 saturated carbocycles. The van der Waals surface area contributed by atoms with Crippen LogP contribution in [0.25, 0.3) is 16.3 Å². The number of aromatic nitrogens is 2. The highest BCUT2D eigenvalue weighted by Crippen LogP contribution is 2.28. The van der Waals surface area contributed by atoms with Crippen LogP contribution in [0.5, 0.6) is 0 Å². The summed E-state index contributed by atoms with van der Waals surface area (Å²) in [7, 11) is 0. The molecule has 0 atom stereocenters. The lowest BCUT2D eigenvalue weighted by molar-refractivity contribution is -0.192. The van der Waals surface area contributed by atoms with Gasteiger partial charge in [0.1, 0.15) is 0 Å². The van der Waals surface area contributed by atoms with Crippen LogP contribution < -0.4 is 5.32 Å². The monoisotopic (exact) mass is 474 g/mol. The Labute approximate surface area is 194 Å². The third kappa shape index (κ3) is 5.94. The van der Waals surface area contributed by atoms with Crippen LogP contribution in [0.2, 0.25) is 0 Å². The topological polar surface area (TPSA) is 87.5 Å². The Hall–Kier alpha value is -3.82. The summed E-state index contributed by atoms with van der Waals surface area (Å²) in [6.07, 6.45) is -1.10. The van der Waals surface area contributed by atoms with Crippen LogP contribution >= 0.6 is 0 Å². The number of hydrogen-bond donors (Lipinski definition) is 2. The van der Waals surface area contributed by atoms with Gasteiger partial charge in [0.25, 0.3) is 0 Å². The Kier molecular flexibility index (Phi) is 7.60. The molecule has 0 spiro atoms. The van der Waals surface area contributed by atoms with Crippen LogP contribution in [0.4, 0.5) is 18.0 Å². The second kappa shape index (κ2) is 10.4. The molecule has 1 aliphatic heterocycles. The number of hydrogen-bond acceptors (Lipinski definition) is 3. The van der Waals surface area contributed by atoms with E-state index in [1.165, 1.54) is 21.9 Å². The van der Waals surface area contributed by atoms with Gasteiger partial charge >= 0.3 is 18.2 Å². The molecular formula is C24H25F3N4O3. The summed E-state index contributed by atoms with van der Waals surface area (Å²) in [6, 6.07) is 14.7. The first-order valence-corrected chi connectivity index (χ1v) is 10.6. The first-order chi connectivity index (χ1) is 16.1. The molecule has 3 aromatic rings. The number of carboxylic acid groups (broad SMARTS) is 1. The number of halogens is 3. The first kappa shape index (κ1) is 24.8. The largest absolute Gasteiger partial charge is 0.490 e. The number of carboxylic acids is 1. The van der Waals surface area contributed by atoms with E-state index in [0.29, 0.717) is 19.6 Å². The Bertz CT molecular complexity index is 1210. The van der Waals surface area contributed by atoms with Gasteiger partial charge < -0.3 is 19.9 Å². The maximum absolute atomic E-state index is 12.5. The van der Waals surface area contributed by atoms with Crippen LogP contribution in [0.15, 0.2) is 54.9 Å². The van der Waals surface area contributed by atoms with Crippen molar-refractivity contribution in [3.8, 4) is 0 Å². The number of nitrogens with one attached hydrogen (secondary N) is 1. The van der Waals surface area contributed by atoms with E-state index in [1.54, 1.807) is 0 Å². The van der Waals surface area contributed by atoms with E-state index >= 15 is 0 Å². The molecule has 1 aliphatic rings. The van der Waals surface area contributed by atoms with Gasteiger partial charge in [0, 0.05) is 31.9 Å². The minimum atomic E-state index is -5.08. The highest BCUT2D eigenvalue weighted by Gasteiger charge is 2.38. The molecule has 0 saturated heterocycles. The molecule has 2 N–H and O–H groups in total. The Morgan fingerprint density at radius 3 is 2.44 bits per heavy atom. The SMILES string of the molecule is Cc1ncn(CCNC(=O)N2CC=C(c3cccc4ccccc34)C2)c1C.O=C(O)C(F)(F)F. The zero-order valence-electron chi connectivity index (χ0n) is 18.8. The maximum atomic E-state index is 12.5. The third-order valence-electron chi connectivity index (χ3n) is 5.56. The third-order valence-corrected chi connectivity index (χ3v) is 5.56. The number of fused-ring (bicyclic) bond motifs is 1. The van der Waals surface area contributed by atoms with Gasteiger partial charge in [-0.25, -0.2) is 14.6 Å². The zero-order valence-corrected chi connectivity index (χ0v) is 18.8. The highest BCUT2D eigenvalue weighted by molar-refractivity contribution is 5.95. The number of aliphatic carboxylic acids is 1. The van der Waals surface area contributed by atoms with Crippen molar-refractivity contribution in [2.45, 2.75) is 26.6 Å². The van der Waals surface area contributed by atoms with E-state index in [1.807, 2.05) is 25.1 Å². The van der Waals surface area contributed by atoms with Crippen LogP contribution in [0.3, 0.4) is 0 Å². The number of amides is 2. The summed E-state index contributed by atoms with van der Waals surface area (Å²) in [6.45, 7) is 6.65. The molecule has 2 amide bonds. The van der Waals surface area contributed by atoms with E-state index in [9.17, 15) is 18.0 Å². The highest BCUT2D eigenvalue weighted by atomic mass is 19.4. The lowest BCUT2D eigenvalue weighted by Gasteiger charge is -2.18. The first-order valence-electron chi connectivity index (χ1n) is 10.6. The zero-order chi connectivity index (χ0) is 24.9. The Morgan fingerprint density at radius 2 is 1.79 bits per heavy atom. The number of imidazole rings is 1.